The number of fused-ring (bicyclic) bond motifs is 2. The highest BCUT2D eigenvalue weighted by Crippen LogP contribution is 2.47. The van der Waals surface area contributed by atoms with E-state index < -0.39 is 17.7 Å². The molecule has 1 fully saturated rings. The summed E-state index contributed by atoms with van der Waals surface area (Å²) < 4.78 is 6.60. The second-order valence-corrected chi connectivity index (χ2v) is 8.57. The van der Waals surface area contributed by atoms with E-state index in [0.717, 1.165) is 37.7 Å². The van der Waals surface area contributed by atoms with Crippen molar-refractivity contribution in [3.8, 4) is 0 Å². The average Bonchev–Trinajstić information content (AvgIpc) is 2.95. The van der Waals surface area contributed by atoms with Gasteiger partial charge in [0.15, 0.2) is 0 Å². The van der Waals surface area contributed by atoms with Gasteiger partial charge in [-0.2, -0.15) is 5.10 Å². The minimum Gasteiger partial charge on any atom is -0.390 e. The number of amides is 2. The Hall–Kier alpha value is -1.66. The first kappa shape index (κ1) is 21.6. The van der Waals surface area contributed by atoms with Gasteiger partial charge in [-0.3, -0.25) is 0 Å². The molecule has 0 radical (unpaired) electrons. The lowest BCUT2D eigenvalue weighted by atomic mass is 9.82. The van der Waals surface area contributed by atoms with Crippen molar-refractivity contribution in [3.63, 3.8) is 0 Å². The van der Waals surface area contributed by atoms with Gasteiger partial charge >= 0.3 is 6.03 Å². The molecule has 6 nitrogen and oxygen atoms in total. The standard InChI is InChI=1S/C21H35N3O3/c1-14(2)21-10-9-15(3)7-6-8-16(4)17(23-24-19(22)26)13-18(25)20(5,27-21)11-12-21/h8-9,14,18,25H,6-7,10-13H2,1-5H3,(H3,22,24,26)/b15-9+,16-8+,23-17-/t18-,20+,21+/m0/s1. The first-order chi connectivity index (χ1) is 12.6. The van der Waals surface area contributed by atoms with Crippen molar-refractivity contribution in [2.24, 2.45) is 16.8 Å². The van der Waals surface area contributed by atoms with Crippen LogP contribution in [-0.4, -0.2) is 34.2 Å². The number of urea groups is 1. The molecule has 152 valence electrons. The van der Waals surface area contributed by atoms with Gasteiger partial charge < -0.3 is 15.6 Å². The van der Waals surface area contributed by atoms with E-state index in [1.807, 2.05) is 13.8 Å². The summed E-state index contributed by atoms with van der Waals surface area (Å²) in [6.45, 7) is 10.5. The van der Waals surface area contributed by atoms with Crippen LogP contribution in [0.5, 0.6) is 0 Å². The Morgan fingerprint density at radius 1 is 1.37 bits per heavy atom. The summed E-state index contributed by atoms with van der Waals surface area (Å²) in [5.74, 6) is 0.352. The first-order valence-electron chi connectivity index (χ1n) is 9.91. The van der Waals surface area contributed by atoms with Gasteiger partial charge in [0.1, 0.15) is 0 Å². The van der Waals surface area contributed by atoms with Gasteiger partial charge in [-0.05, 0) is 64.4 Å². The summed E-state index contributed by atoms with van der Waals surface area (Å²) in [7, 11) is 0. The number of ether oxygens (including phenoxy) is 1. The van der Waals surface area contributed by atoms with Gasteiger partial charge in [0.2, 0.25) is 0 Å². The summed E-state index contributed by atoms with van der Waals surface area (Å²) in [5.41, 5.74) is 9.48. The Bertz CT molecular complexity index is 653. The Morgan fingerprint density at radius 3 is 2.70 bits per heavy atom. The van der Waals surface area contributed by atoms with Gasteiger partial charge in [-0.15, -0.1) is 0 Å². The zero-order valence-electron chi connectivity index (χ0n) is 17.3. The Kier molecular flexibility index (Phi) is 6.87. The van der Waals surface area contributed by atoms with Crippen LogP contribution in [0.25, 0.3) is 0 Å². The number of hydrazone groups is 1. The third kappa shape index (κ3) is 5.20. The van der Waals surface area contributed by atoms with Crippen molar-refractivity contribution in [1.29, 1.82) is 0 Å². The Labute approximate surface area is 162 Å². The van der Waals surface area contributed by atoms with Crippen LogP contribution in [0.4, 0.5) is 4.79 Å². The fraction of sp³-hybridized carbons (Fsp3) is 0.714. The predicted molar refractivity (Wildman–Crippen MR) is 108 cm³/mol. The topological polar surface area (TPSA) is 96.9 Å². The number of rotatable bonds is 2. The van der Waals surface area contributed by atoms with Gasteiger partial charge in [0.25, 0.3) is 0 Å². The summed E-state index contributed by atoms with van der Waals surface area (Å²) in [4.78, 5) is 11.1. The highest BCUT2D eigenvalue weighted by Gasteiger charge is 2.51. The van der Waals surface area contributed by atoms with E-state index in [-0.39, 0.29) is 5.60 Å². The molecule has 0 aromatic carbocycles. The maximum Gasteiger partial charge on any atom is 0.332 e. The molecule has 2 amide bonds. The Morgan fingerprint density at radius 2 is 2.07 bits per heavy atom. The molecule has 2 bridgehead atoms. The highest BCUT2D eigenvalue weighted by molar-refractivity contribution is 6.00. The number of nitrogens with one attached hydrogen (secondary N) is 1. The molecule has 0 aromatic rings. The number of hydrogen-bond donors (Lipinski definition) is 3. The van der Waals surface area contributed by atoms with E-state index in [2.05, 4.69) is 43.5 Å². The number of carbonyl (C=O) groups excluding carboxylic acids is 1. The van der Waals surface area contributed by atoms with E-state index in [1.165, 1.54) is 5.57 Å². The lowest BCUT2D eigenvalue weighted by molar-refractivity contribution is -0.159. The number of nitrogens with zero attached hydrogens (tertiary/aromatic N) is 1. The van der Waals surface area contributed by atoms with E-state index in [0.29, 0.717) is 18.1 Å². The second kappa shape index (κ2) is 8.57. The van der Waals surface area contributed by atoms with Crippen molar-refractivity contribution in [2.75, 3.05) is 0 Å². The minimum atomic E-state index is -0.722. The third-order valence-corrected chi connectivity index (χ3v) is 6.17. The van der Waals surface area contributed by atoms with Gasteiger partial charge in [0, 0.05) is 6.42 Å². The fourth-order valence-corrected chi connectivity index (χ4v) is 3.95. The highest BCUT2D eigenvalue weighted by atomic mass is 16.5. The quantitative estimate of drug-likeness (QED) is 0.504. The second-order valence-electron chi connectivity index (χ2n) is 8.57. The molecule has 0 spiro atoms. The number of primary amides is 1. The number of hydrogen-bond acceptors (Lipinski definition) is 4. The molecular formula is C21H35N3O3. The predicted octanol–water partition coefficient (Wildman–Crippen LogP) is 3.80. The largest absolute Gasteiger partial charge is 0.390 e. The number of carbonyl (C=O) groups is 1. The van der Waals surface area contributed by atoms with Crippen LogP contribution in [0, 0.1) is 5.92 Å². The molecule has 0 saturated carbocycles. The third-order valence-electron chi connectivity index (χ3n) is 6.17. The summed E-state index contributed by atoms with van der Waals surface area (Å²) in [5, 5.41) is 15.2. The van der Waals surface area contributed by atoms with Crippen molar-refractivity contribution >= 4 is 11.7 Å². The lowest BCUT2D eigenvalue weighted by Crippen LogP contribution is -2.45. The molecule has 2 aliphatic rings. The van der Waals surface area contributed by atoms with Crippen LogP contribution in [-0.2, 0) is 4.74 Å². The molecular weight excluding hydrogens is 342 g/mol. The molecule has 1 saturated heterocycles. The van der Waals surface area contributed by atoms with Crippen LogP contribution in [0.3, 0.4) is 0 Å². The van der Waals surface area contributed by atoms with Crippen molar-refractivity contribution < 1.29 is 14.6 Å². The summed E-state index contributed by atoms with van der Waals surface area (Å²) in [6, 6.07) is -0.714. The first-order valence-corrected chi connectivity index (χ1v) is 9.91. The van der Waals surface area contributed by atoms with Crippen molar-refractivity contribution in [2.45, 2.75) is 90.4 Å². The molecule has 3 atom stereocenters. The van der Waals surface area contributed by atoms with Crippen LogP contribution < -0.4 is 11.2 Å². The molecule has 27 heavy (non-hydrogen) atoms. The van der Waals surface area contributed by atoms with E-state index in [1.54, 1.807) is 0 Å². The molecule has 0 aromatic heterocycles. The van der Waals surface area contributed by atoms with Crippen molar-refractivity contribution in [3.05, 3.63) is 23.3 Å². The van der Waals surface area contributed by atoms with Gasteiger partial charge in [-0.25, -0.2) is 10.2 Å². The van der Waals surface area contributed by atoms with Crippen LogP contribution in [0.2, 0.25) is 0 Å². The zero-order valence-corrected chi connectivity index (χ0v) is 17.3. The van der Waals surface area contributed by atoms with Crippen LogP contribution in [0.15, 0.2) is 28.4 Å². The molecule has 0 aliphatic carbocycles. The smallest absolute Gasteiger partial charge is 0.332 e. The van der Waals surface area contributed by atoms with Gasteiger partial charge in [-0.1, -0.05) is 31.6 Å². The monoisotopic (exact) mass is 377 g/mol. The fourth-order valence-electron chi connectivity index (χ4n) is 3.95. The minimum absolute atomic E-state index is 0.254. The van der Waals surface area contributed by atoms with Crippen LogP contribution >= 0.6 is 0 Å². The normalized spacial score (nSPS) is 38.2. The number of nitrogens with two attached hydrogens (primary N) is 1. The van der Waals surface area contributed by atoms with Gasteiger partial charge in [0.05, 0.1) is 23.0 Å². The Balaban J connectivity index is 2.39. The molecule has 4 N–H and O–H groups in total. The number of aliphatic hydroxyl groups excluding tert-OH is 1. The zero-order chi connectivity index (χ0) is 20.2. The van der Waals surface area contributed by atoms with Crippen molar-refractivity contribution in [1.82, 2.24) is 5.43 Å². The molecule has 2 rings (SSSR count). The number of aliphatic hydroxyl groups is 1. The maximum absolute atomic E-state index is 11.1. The van der Waals surface area contributed by atoms with Crippen LogP contribution in [0.1, 0.15) is 73.1 Å². The van der Waals surface area contributed by atoms with E-state index in [4.69, 9.17) is 10.5 Å². The maximum atomic E-state index is 11.1. The average molecular weight is 378 g/mol. The summed E-state index contributed by atoms with van der Waals surface area (Å²) in [6.07, 6.45) is 8.40. The van der Waals surface area contributed by atoms with E-state index >= 15 is 0 Å². The number of allylic oxidation sites excluding steroid dienone is 3. The molecule has 0 unspecified atom stereocenters. The molecule has 2 heterocycles. The molecule has 2 aliphatic heterocycles. The lowest BCUT2D eigenvalue weighted by Gasteiger charge is -2.38. The molecule has 6 heteroatoms. The SMILES string of the molecule is C/C1=C\C[C@]2(C(C)C)CC[C@@](C)(O2)[C@@H](O)CC(=N/NC(N)=O)/C(C)=C/CC1. The summed E-state index contributed by atoms with van der Waals surface area (Å²) >= 11 is 0. The van der Waals surface area contributed by atoms with E-state index in [9.17, 15) is 9.90 Å².